The summed E-state index contributed by atoms with van der Waals surface area (Å²) in [6, 6.07) is 5.71. The summed E-state index contributed by atoms with van der Waals surface area (Å²) in [5.41, 5.74) is 0.203. The minimum Gasteiger partial charge on any atom is -0.496 e. The maximum atomic E-state index is 10.3. The smallest absolute Gasteiger partial charge is 0.133 e. The molecule has 0 aromatic heterocycles. The van der Waals surface area contributed by atoms with Crippen molar-refractivity contribution in [3.05, 3.63) is 28.2 Å². The molecular weight excluding hydrogens is 258 g/mol. The van der Waals surface area contributed by atoms with Gasteiger partial charge in [0.1, 0.15) is 11.4 Å². The minimum absolute atomic E-state index is 0.617. The number of β-amino-alcohol motifs (C(OH)–C–C–N with tert-alkyl or cyclic N) is 1. The van der Waals surface area contributed by atoms with E-state index in [1.165, 1.54) is 0 Å². The van der Waals surface area contributed by atoms with Crippen molar-refractivity contribution < 1.29 is 9.84 Å². The average Bonchev–Trinajstić information content (AvgIpc) is 2.66. The zero-order chi connectivity index (χ0) is 10.9. The van der Waals surface area contributed by atoms with E-state index in [0.29, 0.717) is 6.54 Å². The average molecular weight is 272 g/mol. The molecule has 1 unspecified atom stereocenters. The van der Waals surface area contributed by atoms with Crippen molar-refractivity contribution in [3.63, 3.8) is 0 Å². The molecule has 1 aromatic rings. The normalized spacial score (nSPS) is 25.5. The first-order valence-electron chi connectivity index (χ1n) is 4.93. The Balaban J connectivity index is 2.33. The van der Waals surface area contributed by atoms with E-state index in [1.807, 2.05) is 18.2 Å². The van der Waals surface area contributed by atoms with E-state index in [9.17, 15) is 5.11 Å². The lowest BCUT2D eigenvalue weighted by Crippen LogP contribution is -2.28. The molecule has 1 heterocycles. The maximum Gasteiger partial charge on any atom is 0.133 e. The summed E-state index contributed by atoms with van der Waals surface area (Å²) in [6.07, 6.45) is 0.756. The van der Waals surface area contributed by atoms with Gasteiger partial charge in [-0.25, -0.2) is 0 Å². The number of nitrogens with one attached hydrogen (secondary N) is 1. The summed E-state index contributed by atoms with van der Waals surface area (Å²) >= 11 is 3.42. The molecule has 1 fully saturated rings. The van der Waals surface area contributed by atoms with Crippen LogP contribution >= 0.6 is 15.9 Å². The van der Waals surface area contributed by atoms with E-state index in [2.05, 4.69) is 21.2 Å². The van der Waals surface area contributed by atoms with Crippen molar-refractivity contribution >= 4 is 15.9 Å². The fraction of sp³-hybridized carbons (Fsp3) is 0.455. The van der Waals surface area contributed by atoms with Crippen LogP contribution in [0.2, 0.25) is 0 Å². The highest BCUT2D eigenvalue weighted by molar-refractivity contribution is 9.10. The van der Waals surface area contributed by atoms with E-state index in [1.54, 1.807) is 7.11 Å². The number of hydrogen-bond donors (Lipinski definition) is 2. The van der Waals surface area contributed by atoms with Crippen LogP contribution in [0.3, 0.4) is 0 Å². The van der Waals surface area contributed by atoms with Crippen LogP contribution in [0.15, 0.2) is 22.7 Å². The second-order valence-corrected chi connectivity index (χ2v) is 4.66. The Morgan fingerprint density at radius 3 is 2.87 bits per heavy atom. The van der Waals surface area contributed by atoms with E-state index in [0.717, 1.165) is 28.8 Å². The molecule has 0 radical (unpaired) electrons. The maximum absolute atomic E-state index is 10.3. The van der Waals surface area contributed by atoms with Crippen LogP contribution in [0.1, 0.15) is 12.0 Å². The van der Waals surface area contributed by atoms with Gasteiger partial charge < -0.3 is 15.2 Å². The Morgan fingerprint density at radius 1 is 1.53 bits per heavy atom. The van der Waals surface area contributed by atoms with Gasteiger partial charge in [0.15, 0.2) is 0 Å². The standard InChI is InChI=1S/C11H14BrNO2/c1-15-10-3-2-8(6-9(10)12)11(14)4-5-13-7-11/h2-3,6,13-14H,4-5,7H2,1H3. The largest absolute Gasteiger partial charge is 0.496 e. The molecule has 1 atom stereocenters. The van der Waals surface area contributed by atoms with Crippen LogP contribution < -0.4 is 10.1 Å². The number of halogens is 1. The van der Waals surface area contributed by atoms with Crippen molar-refractivity contribution in [1.82, 2.24) is 5.32 Å². The lowest BCUT2D eigenvalue weighted by Gasteiger charge is -2.22. The molecule has 1 aliphatic heterocycles. The molecule has 1 aromatic carbocycles. The van der Waals surface area contributed by atoms with Crippen molar-refractivity contribution in [2.75, 3.05) is 20.2 Å². The van der Waals surface area contributed by atoms with Crippen LogP contribution in [0.5, 0.6) is 5.75 Å². The van der Waals surface area contributed by atoms with Gasteiger partial charge in [0.2, 0.25) is 0 Å². The molecule has 4 heteroatoms. The van der Waals surface area contributed by atoms with E-state index < -0.39 is 5.60 Å². The van der Waals surface area contributed by atoms with Crippen molar-refractivity contribution in [2.24, 2.45) is 0 Å². The summed E-state index contributed by atoms with van der Waals surface area (Å²) in [5.74, 6) is 0.785. The molecular formula is C11H14BrNO2. The van der Waals surface area contributed by atoms with Gasteiger partial charge in [0.05, 0.1) is 11.6 Å². The molecule has 0 bridgehead atoms. The third-order valence-electron chi connectivity index (χ3n) is 2.82. The number of benzene rings is 1. The highest BCUT2D eigenvalue weighted by Gasteiger charge is 2.33. The molecule has 15 heavy (non-hydrogen) atoms. The number of aliphatic hydroxyl groups is 1. The molecule has 2 rings (SSSR count). The zero-order valence-electron chi connectivity index (χ0n) is 8.59. The lowest BCUT2D eigenvalue weighted by atomic mass is 9.93. The lowest BCUT2D eigenvalue weighted by molar-refractivity contribution is 0.0586. The molecule has 2 N–H and O–H groups in total. The number of methoxy groups -OCH3 is 1. The minimum atomic E-state index is -0.727. The van der Waals surface area contributed by atoms with E-state index >= 15 is 0 Å². The molecule has 1 saturated heterocycles. The molecule has 0 aliphatic carbocycles. The Morgan fingerprint density at radius 2 is 2.33 bits per heavy atom. The van der Waals surface area contributed by atoms with Crippen LogP contribution in [0.25, 0.3) is 0 Å². The van der Waals surface area contributed by atoms with Gasteiger partial charge in [-0.15, -0.1) is 0 Å². The monoisotopic (exact) mass is 271 g/mol. The molecule has 82 valence electrons. The van der Waals surface area contributed by atoms with Gasteiger partial charge in [-0.1, -0.05) is 6.07 Å². The fourth-order valence-electron chi connectivity index (χ4n) is 1.88. The Labute approximate surface area is 97.6 Å². The van der Waals surface area contributed by atoms with Crippen LogP contribution in [0.4, 0.5) is 0 Å². The second-order valence-electron chi connectivity index (χ2n) is 3.81. The predicted octanol–water partition coefficient (Wildman–Crippen LogP) is 1.64. The van der Waals surface area contributed by atoms with Crippen LogP contribution in [-0.4, -0.2) is 25.3 Å². The van der Waals surface area contributed by atoms with Gasteiger partial charge in [-0.05, 0) is 46.6 Å². The third-order valence-corrected chi connectivity index (χ3v) is 3.44. The van der Waals surface area contributed by atoms with Gasteiger partial charge in [0, 0.05) is 6.54 Å². The van der Waals surface area contributed by atoms with E-state index in [4.69, 9.17) is 4.74 Å². The van der Waals surface area contributed by atoms with Crippen LogP contribution in [-0.2, 0) is 5.60 Å². The first-order valence-corrected chi connectivity index (χ1v) is 5.72. The first-order chi connectivity index (χ1) is 7.15. The van der Waals surface area contributed by atoms with Gasteiger partial charge in [0.25, 0.3) is 0 Å². The Bertz CT molecular complexity index is 362. The third kappa shape index (κ3) is 2.02. The molecule has 1 aliphatic rings. The van der Waals surface area contributed by atoms with Crippen LogP contribution in [0, 0.1) is 0 Å². The second kappa shape index (κ2) is 4.12. The Kier molecular flexibility index (Phi) is 3.00. The summed E-state index contributed by atoms with van der Waals surface area (Å²) in [6.45, 7) is 1.48. The zero-order valence-corrected chi connectivity index (χ0v) is 10.2. The SMILES string of the molecule is COc1ccc(C2(O)CCNC2)cc1Br. The summed E-state index contributed by atoms with van der Waals surface area (Å²) in [5, 5.41) is 13.5. The summed E-state index contributed by atoms with van der Waals surface area (Å²) in [4.78, 5) is 0. The van der Waals surface area contributed by atoms with Gasteiger partial charge in [-0.2, -0.15) is 0 Å². The van der Waals surface area contributed by atoms with Gasteiger partial charge >= 0.3 is 0 Å². The molecule has 3 nitrogen and oxygen atoms in total. The highest BCUT2D eigenvalue weighted by atomic mass is 79.9. The molecule has 0 saturated carbocycles. The van der Waals surface area contributed by atoms with Crippen molar-refractivity contribution in [2.45, 2.75) is 12.0 Å². The van der Waals surface area contributed by atoms with Gasteiger partial charge in [-0.3, -0.25) is 0 Å². The van der Waals surface area contributed by atoms with Crippen molar-refractivity contribution in [1.29, 1.82) is 0 Å². The summed E-state index contributed by atoms with van der Waals surface area (Å²) in [7, 11) is 1.63. The van der Waals surface area contributed by atoms with Crippen molar-refractivity contribution in [3.8, 4) is 5.75 Å². The topological polar surface area (TPSA) is 41.5 Å². The van der Waals surface area contributed by atoms with E-state index in [-0.39, 0.29) is 0 Å². The highest BCUT2D eigenvalue weighted by Crippen LogP contribution is 2.33. The summed E-state index contributed by atoms with van der Waals surface area (Å²) < 4.78 is 6.03. The quantitative estimate of drug-likeness (QED) is 0.860. The number of rotatable bonds is 2. The predicted molar refractivity (Wildman–Crippen MR) is 62.1 cm³/mol. The first kappa shape index (κ1) is 10.9. The molecule has 0 spiro atoms. The fourth-order valence-corrected chi connectivity index (χ4v) is 2.42. The Hall–Kier alpha value is -0.580. The molecule has 0 amide bonds. The number of ether oxygens (including phenoxy) is 1. The number of hydrogen-bond acceptors (Lipinski definition) is 3.